The van der Waals surface area contributed by atoms with Gasteiger partial charge in [-0.1, -0.05) is 6.92 Å². The molecule has 62 valence electrons. The zero-order chi connectivity index (χ0) is 8.43. The van der Waals surface area contributed by atoms with Crippen LogP contribution in [0.1, 0.15) is 19.8 Å². The van der Waals surface area contributed by atoms with Gasteiger partial charge in [-0.15, -0.1) is 0 Å². The van der Waals surface area contributed by atoms with Crippen molar-refractivity contribution in [2.24, 2.45) is 0 Å². The summed E-state index contributed by atoms with van der Waals surface area (Å²) in [5.41, 5.74) is 0.921. The van der Waals surface area contributed by atoms with E-state index in [2.05, 4.69) is 0 Å². The summed E-state index contributed by atoms with van der Waals surface area (Å²) in [5.74, 6) is 0.0874. The monoisotopic (exact) mass is 156 g/mol. The van der Waals surface area contributed by atoms with E-state index in [1.165, 1.54) is 7.11 Å². The molecule has 0 heterocycles. The second-order valence-electron chi connectivity index (χ2n) is 2.57. The number of carbonyl (C=O) groups excluding carboxylic acids is 1. The number of Topliss-reactive ketones (excluding diaryl/α,β-unsaturated/α-hetero) is 1. The Labute approximate surface area is 65.7 Å². The lowest BCUT2D eigenvalue weighted by Crippen LogP contribution is -2.15. The fourth-order valence-electron chi connectivity index (χ4n) is 1.29. The van der Waals surface area contributed by atoms with Gasteiger partial charge in [-0.2, -0.15) is 0 Å². The van der Waals surface area contributed by atoms with Gasteiger partial charge in [-0.05, 0) is 12.0 Å². The van der Waals surface area contributed by atoms with Crippen molar-refractivity contribution in [3.05, 3.63) is 11.3 Å². The molecule has 0 aromatic heterocycles. The number of carbonyl (C=O) groups is 1. The number of ketones is 1. The Morgan fingerprint density at radius 3 is 2.73 bits per heavy atom. The van der Waals surface area contributed by atoms with E-state index in [4.69, 9.17) is 9.84 Å². The lowest BCUT2D eigenvalue weighted by molar-refractivity contribution is -0.124. The van der Waals surface area contributed by atoms with Crippen LogP contribution in [0.25, 0.3) is 0 Å². The van der Waals surface area contributed by atoms with Crippen LogP contribution < -0.4 is 0 Å². The number of methoxy groups -OCH3 is 1. The molecule has 0 saturated carbocycles. The number of rotatable bonds is 2. The predicted molar refractivity (Wildman–Crippen MR) is 40.0 cm³/mol. The summed E-state index contributed by atoms with van der Waals surface area (Å²) in [6, 6.07) is 0. The van der Waals surface area contributed by atoms with Crippen LogP contribution in [-0.4, -0.2) is 24.1 Å². The molecular formula is C8H12O3. The maximum Gasteiger partial charge on any atom is 0.225 e. The number of ether oxygens (including phenoxy) is 1. The van der Waals surface area contributed by atoms with Gasteiger partial charge in [0.05, 0.1) is 7.11 Å². The Morgan fingerprint density at radius 2 is 2.36 bits per heavy atom. The Balaban J connectivity index is 2.86. The second kappa shape index (κ2) is 3.05. The van der Waals surface area contributed by atoms with Gasteiger partial charge in [0.2, 0.25) is 5.78 Å². The highest BCUT2D eigenvalue weighted by Crippen LogP contribution is 2.25. The number of hydrogen-bond acceptors (Lipinski definition) is 3. The minimum atomic E-state index is -0.861. The summed E-state index contributed by atoms with van der Waals surface area (Å²) in [6.45, 7) is 1.94. The van der Waals surface area contributed by atoms with E-state index < -0.39 is 6.10 Å². The van der Waals surface area contributed by atoms with Gasteiger partial charge in [-0.3, -0.25) is 4.79 Å². The molecule has 0 aliphatic heterocycles. The first kappa shape index (κ1) is 8.27. The number of aliphatic hydroxyl groups excluding tert-OH is 1. The fourth-order valence-corrected chi connectivity index (χ4v) is 1.29. The maximum absolute atomic E-state index is 11.1. The normalized spacial score (nSPS) is 24.6. The largest absolute Gasteiger partial charge is 0.493 e. The molecule has 0 fully saturated rings. The van der Waals surface area contributed by atoms with Crippen molar-refractivity contribution in [2.75, 3.05) is 7.11 Å². The van der Waals surface area contributed by atoms with Gasteiger partial charge in [0.1, 0.15) is 6.10 Å². The van der Waals surface area contributed by atoms with E-state index in [0.717, 1.165) is 12.0 Å². The van der Waals surface area contributed by atoms with E-state index >= 15 is 0 Å². The molecule has 1 unspecified atom stereocenters. The molecule has 1 atom stereocenters. The summed E-state index contributed by atoms with van der Waals surface area (Å²) in [4.78, 5) is 11.1. The van der Waals surface area contributed by atoms with Gasteiger partial charge in [0.25, 0.3) is 0 Å². The van der Waals surface area contributed by atoms with E-state index in [0.29, 0.717) is 12.2 Å². The SMILES string of the molecule is CCC1=C(OC)C(=O)C(O)C1. The first-order chi connectivity index (χ1) is 5.20. The van der Waals surface area contributed by atoms with Crippen LogP contribution >= 0.6 is 0 Å². The standard InChI is InChI=1S/C8H12O3/c1-3-5-4-6(9)7(10)8(5)11-2/h6,9H,3-4H2,1-2H3. The Bertz CT molecular complexity index is 205. The zero-order valence-corrected chi connectivity index (χ0v) is 6.76. The van der Waals surface area contributed by atoms with Gasteiger partial charge in [0, 0.05) is 6.42 Å². The average molecular weight is 156 g/mol. The van der Waals surface area contributed by atoms with Gasteiger partial charge < -0.3 is 9.84 Å². The quantitative estimate of drug-likeness (QED) is 0.637. The van der Waals surface area contributed by atoms with Crippen LogP contribution in [0, 0.1) is 0 Å². The highest BCUT2D eigenvalue weighted by atomic mass is 16.5. The van der Waals surface area contributed by atoms with Crippen LogP contribution in [0.15, 0.2) is 11.3 Å². The fraction of sp³-hybridized carbons (Fsp3) is 0.625. The van der Waals surface area contributed by atoms with Gasteiger partial charge in [0.15, 0.2) is 5.76 Å². The van der Waals surface area contributed by atoms with Crippen molar-refractivity contribution in [1.82, 2.24) is 0 Å². The lowest BCUT2D eigenvalue weighted by Gasteiger charge is -2.00. The molecule has 1 rings (SSSR count). The molecular weight excluding hydrogens is 144 g/mol. The smallest absolute Gasteiger partial charge is 0.225 e. The highest BCUT2D eigenvalue weighted by Gasteiger charge is 2.31. The van der Waals surface area contributed by atoms with Crippen LogP contribution in [0.5, 0.6) is 0 Å². The van der Waals surface area contributed by atoms with Gasteiger partial charge >= 0.3 is 0 Å². The number of aliphatic hydroxyl groups is 1. The van der Waals surface area contributed by atoms with E-state index in [1.54, 1.807) is 0 Å². The second-order valence-corrected chi connectivity index (χ2v) is 2.57. The van der Waals surface area contributed by atoms with Crippen molar-refractivity contribution in [3.8, 4) is 0 Å². The van der Waals surface area contributed by atoms with E-state index in [9.17, 15) is 4.79 Å². The first-order valence-corrected chi connectivity index (χ1v) is 3.69. The summed E-state index contributed by atoms with van der Waals surface area (Å²) >= 11 is 0. The van der Waals surface area contributed by atoms with E-state index in [1.807, 2.05) is 6.92 Å². The molecule has 0 spiro atoms. The summed E-state index contributed by atoms with van der Waals surface area (Å²) < 4.78 is 4.87. The van der Waals surface area contributed by atoms with Crippen LogP contribution in [0.4, 0.5) is 0 Å². The molecule has 0 radical (unpaired) electrons. The molecule has 11 heavy (non-hydrogen) atoms. The Hall–Kier alpha value is -0.830. The molecule has 1 N–H and O–H groups in total. The molecule has 0 aromatic carbocycles. The zero-order valence-electron chi connectivity index (χ0n) is 6.76. The molecule has 0 aromatic rings. The topological polar surface area (TPSA) is 46.5 Å². The molecule has 0 bridgehead atoms. The molecule has 0 amide bonds. The van der Waals surface area contributed by atoms with Crippen molar-refractivity contribution in [3.63, 3.8) is 0 Å². The maximum atomic E-state index is 11.1. The minimum Gasteiger partial charge on any atom is -0.493 e. The molecule has 3 heteroatoms. The highest BCUT2D eigenvalue weighted by molar-refractivity contribution is 6.00. The molecule has 1 aliphatic carbocycles. The predicted octanol–water partition coefficient (Wildman–Crippen LogP) is 0.631. The van der Waals surface area contributed by atoms with Crippen molar-refractivity contribution >= 4 is 5.78 Å². The van der Waals surface area contributed by atoms with Crippen molar-refractivity contribution in [1.29, 1.82) is 0 Å². The first-order valence-electron chi connectivity index (χ1n) is 3.69. The third-order valence-electron chi connectivity index (χ3n) is 1.92. The van der Waals surface area contributed by atoms with E-state index in [-0.39, 0.29) is 5.78 Å². The summed E-state index contributed by atoms with van der Waals surface area (Å²) in [7, 11) is 1.46. The lowest BCUT2D eigenvalue weighted by atomic mass is 10.2. The average Bonchev–Trinajstić information content (AvgIpc) is 2.28. The molecule has 1 aliphatic rings. The molecule has 0 saturated heterocycles. The number of hydrogen-bond donors (Lipinski definition) is 1. The summed E-state index contributed by atoms with van der Waals surface area (Å²) in [6.07, 6.45) is 0.352. The third-order valence-corrected chi connectivity index (χ3v) is 1.92. The van der Waals surface area contributed by atoms with Crippen LogP contribution in [0.3, 0.4) is 0 Å². The minimum absolute atomic E-state index is 0.274. The third kappa shape index (κ3) is 1.28. The summed E-state index contributed by atoms with van der Waals surface area (Å²) in [5, 5.41) is 9.13. The van der Waals surface area contributed by atoms with Crippen molar-refractivity contribution < 1.29 is 14.6 Å². The van der Waals surface area contributed by atoms with Gasteiger partial charge in [-0.25, -0.2) is 0 Å². The van der Waals surface area contributed by atoms with Crippen LogP contribution in [0.2, 0.25) is 0 Å². The van der Waals surface area contributed by atoms with Crippen molar-refractivity contribution in [2.45, 2.75) is 25.9 Å². The Kier molecular flexibility index (Phi) is 2.29. The molecule has 3 nitrogen and oxygen atoms in total. The van der Waals surface area contributed by atoms with Crippen LogP contribution in [-0.2, 0) is 9.53 Å². The Morgan fingerprint density at radius 1 is 1.73 bits per heavy atom.